The average Bonchev–Trinajstić information content (AvgIpc) is 3.34. The molecule has 3 N–H and O–H groups in total. The molecular weight excluding hydrogens is 524 g/mol. The van der Waals surface area contributed by atoms with E-state index < -0.39 is 0 Å². The van der Waals surface area contributed by atoms with Gasteiger partial charge in [-0.1, -0.05) is 40.2 Å². The van der Waals surface area contributed by atoms with Gasteiger partial charge in [0.15, 0.2) is 0 Å². The van der Waals surface area contributed by atoms with E-state index in [4.69, 9.17) is 0 Å². The summed E-state index contributed by atoms with van der Waals surface area (Å²) in [5, 5.41) is 9.00. The van der Waals surface area contributed by atoms with Gasteiger partial charge >= 0.3 is 0 Å². The SMILES string of the molecule is CN1CCNCC1CCCc1cccc2c1C(=O)NC2=O.O=C1NC(=O)c2c(CCCBr)cccc21. The Morgan fingerprint density at radius 1 is 0.833 bits per heavy atom. The molecular formula is C27H31BrN4O4. The van der Waals surface area contributed by atoms with Crippen LogP contribution in [0, 0.1) is 0 Å². The Hall–Kier alpha value is -2.88. The maximum atomic E-state index is 11.9. The summed E-state index contributed by atoms with van der Waals surface area (Å²) in [6.45, 7) is 3.17. The van der Waals surface area contributed by atoms with Gasteiger partial charge in [-0.3, -0.25) is 29.8 Å². The van der Waals surface area contributed by atoms with E-state index in [1.807, 2.05) is 24.3 Å². The molecule has 1 saturated heterocycles. The molecule has 4 amide bonds. The molecule has 3 aliphatic heterocycles. The van der Waals surface area contributed by atoms with Crippen molar-refractivity contribution in [3.05, 3.63) is 69.8 Å². The van der Waals surface area contributed by atoms with E-state index in [1.54, 1.807) is 12.1 Å². The van der Waals surface area contributed by atoms with Crippen LogP contribution in [0.5, 0.6) is 0 Å². The van der Waals surface area contributed by atoms with Crippen molar-refractivity contribution in [2.45, 2.75) is 38.1 Å². The number of aryl methyl sites for hydroxylation is 2. The molecule has 0 aliphatic carbocycles. The molecule has 3 aliphatic rings. The number of carbonyl (C=O) groups is 4. The Bertz CT molecular complexity index is 1180. The summed E-state index contributed by atoms with van der Waals surface area (Å²) in [5.41, 5.74) is 4.11. The quantitative estimate of drug-likeness (QED) is 0.359. The molecule has 3 heterocycles. The lowest BCUT2D eigenvalue weighted by molar-refractivity contribution is 0.0862. The second kappa shape index (κ2) is 11.9. The van der Waals surface area contributed by atoms with Crippen LogP contribution < -0.4 is 16.0 Å². The van der Waals surface area contributed by atoms with Crippen molar-refractivity contribution in [2.24, 2.45) is 0 Å². The molecule has 0 radical (unpaired) electrons. The minimum absolute atomic E-state index is 0.248. The predicted octanol–water partition coefficient (Wildman–Crippen LogP) is 2.69. The van der Waals surface area contributed by atoms with Crippen LogP contribution in [0.15, 0.2) is 36.4 Å². The smallest absolute Gasteiger partial charge is 0.259 e. The van der Waals surface area contributed by atoms with E-state index >= 15 is 0 Å². The Balaban J connectivity index is 0.000000179. The molecule has 0 spiro atoms. The Labute approximate surface area is 219 Å². The Morgan fingerprint density at radius 3 is 1.92 bits per heavy atom. The predicted molar refractivity (Wildman–Crippen MR) is 141 cm³/mol. The molecule has 8 nitrogen and oxygen atoms in total. The van der Waals surface area contributed by atoms with Gasteiger partial charge in [0.25, 0.3) is 23.6 Å². The van der Waals surface area contributed by atoms with Gasteiger partial charge in [0.2, 0.25) is 0 Å². The molecule has 2 aromatic carbocycles. The highest BCUT2D eigenvalue weighted by Gasteiger charge is 2.29. The summed E-state index contributed by atoms with van der Waals surface area (Å²) >= 11 is 3.35. The maximum Gasteiger partial charge on any atom is 0.259 e. The monoisotopic (exact) mass is 554 g/mol. The fourth-order valence-corrected chi connectivity index (χ4v) is 5.25. The number of amides is 4. The van der Waals surface area contributed by atoms with Gasteiger partial charge in [0.1, 0.15) is 0 Å². The van der Waals surface area contributed by atoms with E-state index in [1.165, 1.54) is 0 Å². The highest BCUT2D eigenvalue weighted by Crippen LogP contribution is 2.23. The van der Waals surface area contributed by atoms with Gasteiger partial charge in [-0.25, -0.2) is 0 Å². The summed E-state index contributed by atoms with van der Waals surface area (Å²) in [5.74, 6) is -1.06. The molecule has 1 atom stereocenters. The number of alkyl halides is 1. The first kappa shape index (κ1) is 26.2. The first-order valence-corrected chi connectivity index (χ1v) is 13.4. The van der Waals surface area contributed by atoms with Gasteiger partial charge < -0.3 is 10.2 Å². The maximum absolute atomic E-state index is 11.9. The number of fused-ring (bicyclic) bond motifs is 2. The van der Waals surface area contributed by atoms with Crippen LogP contribution in [0.25, 0.3) is 0 Å². The van der Waals surface area contributed by atoms with Gasteiger partial charge in [0.05, 0.1) is 22.3 Å². The zero-order valence-electron chi connectivity index (χ0n) is 20.4. The highest BCUT2D eigenvalue weighted by atomic mass is 79.9. The molecule has 0 saturated carbocycles. The van der Waals surface area contributed by atoms with Crippen molar-refractivity contribution in [1.29, 1.82) is 0 Å². The molecule has 1 fully saturated rings. The fourth-order valence-electron chi connectivity index (χ4n) is 4.97. The Morgan fingerprint density at radius 2 is 1.39 bits per heavy atom. The average molecular weight is 555 g/mol. The lowest BCUT2D eigenvalue weighted by atomic mass is 9.96. The first-order valence-electron chi connectivity index (χ1n) is 12.3. The number of nitrogens with zero attached hydrogens (tertiary/aromatic N) is 1. The minimum Gasteiger partial charge on any atom is -0.314 e. The minimum atomic E-state index is -0.282. The largest absolute Gasteiger partial charge is 0.314 e. The van der Waals surface area contributed by atoms with Crippen LogP contribution in [0.1, 0.15) is 71.8 Å². The van der Waals surface area contributed by atoms with Gasteiger partial charge in [-0.15, -0.1) is 0 Å². The van der Waals surface area contributed by atoms with Crippen molar-refractivity contribution in [3.63, 3.8) is 0 Å². The lowest BCUT2D eigenvalue weighted by Crippen LogP contribution is -2.49. The van der Waals surface area contributed by atoms with Crippen LogP contribution in [0.4, 0.5) is 0 Å². The summed E-state index contributed by atoms with van der Waals surface area (Å²) in [6.07, 6.45) is 4.73. The number of nitrogens with one attached hydrogen (secondary N) is 3. The number of rotatable bonds is 7. The molecule has 1 unspecified atom stereocenters. The number of likely N-dealkylation sites (N-methyl/N-ethyl adjacent to an activating group) is 1. The normalized spacial score (nSPS) is 18.8. The van der Waals surface area contributed by atoms with Crippen LogP contribution in [0.3, 0.4) is 0 Å². The summed E-state index contributed by atoms with van der Waals surface area (Å²) in [4.78, 5) is 48.8. The van der Waals surface area contributed by atoms with E-state index in [0.717, 1.165) is 68.2 Å². The van der Waals surface area contributed by atoms with Crippen LogP contribution in [-0.4, -0.2) is 66.6 Å². The number of carbonyl (C=O) groups excluding carboxylic acids is 4. The standard InChI is InChI=1S/C16H21N3O2.C11H10BrNO2/c1-19-9-8-17-10-12(19)6-2-4-11-5-3-7-13-14(11)16(21)18-15(13)20;12-6-2-4-7-3-1-5-8-9(7)11(15)13-10(8)14/h3,5,7,12,17H,2,4,6,8-10H2,1H3,(H,18,20,21);1,3,5H,2,4,6H2,(H,13,14,15). The zero-order valence-corrected chi connectivity index (χ0v) is 21.9. The molecule has 36 heavy (non-hydrogen) atoms. The number of hydrogen-bond acceptors (Lipinski definition) is 6. The number of benzene rings is 2. The van der Waals surface area contributed by atoms with Crippen LogP contribution in [0.2, 0.25) is 0 Å². The molecule has 9 heteroatoms. The van der Waals surface area contributed by atoms with Crippen LogP contribution >= 0.6 is 15.9 Å². The van der Waals surface area contributed by atoms with E-state index in [0.29, 0.717) is 28.3 Å². The van der Waals surface area contributed by atoms with Gasteiger partial charge in [-0.2, -0.15) is 0 Å². The molecule has 0 bridgehead atoms. The molecule has 5 rings (SSSR count). The van der Waals surface area contributed by atoms with Crippen molar-refractivity contribution in [1.82, 2.24) is 20.9 Å². The van der Waals surface area contributed by atoms with Crippen molar-refractivity contribution in [3.8, 4) is 0 Å². The van der Waals surface area contributed by atoms with Gasteiger partial charge in [-0.05, 0) is 62.4 Å². The third kappa shape index (κ3) is 5.74. The van der Waals surface area contributed by atoms with Crippen LogP contribution in [-0.2, 0) is 12.8 Å². The van der Waals surface area contributed by atoms with E-state index in [9.17, 15) is 19.2 Å². The third-order valence-electron chi connectivity index (χ3n) is 6.91. The third-order valence-corrected chi connectivity index (χ3v) is 7.47. The topological polar surface area (TPSA) is 108 Å². The Kier molecular flexibility index (Phi) is 8.66. The van der Waals surface area contributed by atoms with Crippen molar-refractivity contribution >= 4 is 39.6 Å². The second-order valence-electron chi connectivity index (χ2n) is 9.27. The van der Waals surface area contributed by atoms with Gasteiger partial charge in [0, 0.05) is 31.0 Å². The second-order valence-corrected chi connectivity index (χ2v) is 10.1. The molecule has 2 aromatic rings. The molecule has 190 valence electrons. The highest BCUT2D eigenvalue weighted by molar-refractivity contribution is 9.09. The van der Waals surface area contributed by atoms with E-state index in [-0.39, 0.29) is 23.6 Å². The summed E-state index contributed by atoms with van der Waals surface area (Å²) in [6, 6.07) is 11.5. The van der Waals surface area contributed by atoms with Crippen molar-refractivity contribution in [2.75, 3.05) is 32.0 Å². The zero-order chi connectivity index (χ0) is 25.7. The first-order chi connectivity index (χ1) is 17.4. The number of imide groups is 2. The summed E-state index contributed by atoms with van der Waals surface area (Å²) < 4.78 is 0. The number of halogens is 1. The fraction of sp³-hybridized carbons (Fsp3) is 0.407. The van der Waals surface area contributed by atoms with Crippen molar-refractivity contribution < 1.29 is 19.2 Å². The van der Waals surface area contributed by atoms with E-state index in [2.05, 4.69) is 43.8 Å². The number of piperazine rings is 1. The lowest BCUT2D eigenvalue weighted by Gasteiger charge is -2.33. The number of hydrogen-bond donors (Lipinski definition) is 3. The molecule has 0 aromatic heterocycles. The summed E-state index contributed by atoms with van der Waals surface area (Å²) in [7, 11) is 2.16.